The van der Waals surface area contributed by atoms with Crippen molar-refractivity contribution in [3.8, 4) is 0 Å². The van der Waals surface area contributed by atoms with Gasteiger partial charge in [0.25, 0.3) is 0 Å². The third-order valence-corrected chi connectivity index (χ3v) is 4.51. The number of unbranched alkanes of at least 4 members (excludes halogenated alkanes) is 1. The molecule has 31 heavy (non-hydrogen) atoms. The maximum Gasteiger partial charge on any atom is 0.328 e. The van der Waals surface area contributed by atoms with Crippen molar-refractivity contribution in [1.82, 2.24) is 16.0 Å². The summed E-state index contributed by atoms with van der Waals surface area (Å²) in [5.74, 6) is -3.74. The average molecular weight is 448 g/mol. The number of hydrogen-bond donors (Lipinski definition) is 8. The van der Waals surface area contributed by atoms with Gasteiger partial charge >= 0.3 is 5.97 Å². The Morgan fingerprint density at radius 1 is 0.903 bits per heavy atom. The van der Waals surface area contributed by atoms with E-state index in [2.05, 4.69) is 16.0 Å². The first-order valence-corrected chi connectivity index (χ1v) is 10.3. The van der Waals surface area contributed by atoms with Crippen molar-refractivity contribution in [1.29, 1.82) is 0 Å². The van der Waals surface area contributed by atoms with Gasteiger partial charge in [0.15, 0.2) is 6.04 Å². The summed E-state index contributed by atoms with van der Waals surface area (Å²) in [6.07, 6.45) is 0.486. The first-order chi connectivity index (χ1) is 14.4. The predicted octanol–water partition coefficient (Wildman–Crippen LogP) is -2.60. The Kier molecular flexibility index (Phi) is 13.6. The Balaban J connectivity index is 5.15. The number of aliphatic hydroxyl groups excluding tert-OH is 2. The zero-order chi connectivity index (χ0) is 24.1. The number of amides is 3. The van der Waals surface area contributed by atoms with Crippen molar-refractivity contribution in [2.45, 2.75) is 76.7 Å². The molecule has 5 atom stereocenters. The zero-order valence-electron chi connectivity index (χ0n) is 18.3. The number of nitrogens with two attached hydrogens (primary N) is 2. The Hall–Kier alpha value is -2.28. The van der Waals surface area contributed by atoms with Crippen LogP contribution in [-0.2, 0) is 19.2 Å². The maximum atomic E-state index is 12.6. The number of carboxylic acid groups (broad SMARTS) is 1. The van der Waals surface area contributed by atoms with E-state index < -0.39 is 60.6 Å². The fraction of sp³-hybridized carbons (Fsp3) is 0.789. The predicted molar refractivity (Wildman–Crippen MR) is 113 cm³/mol. The van der Waals surface area contributed by atoms with Crippen LogP contribution in [0.15, 0.2) is 0 Å². The normalized spacial score (nSPS) is 16.0. The molecule has 0 spiro atoms. The lowest BCUT2D eigenvalue weighted by Gasteiger charge is -2.26. The fourth-order valence-electron chi connectivity index (χ4n) is 2.73. The molecule has 12 nitrogen and oxygen atoms in total. The fourth-order valence-corrected chi connectivity index (χ4v) is 2.73. The van der Waals surface area contributed by atoms with Crippen molar-refractivity contribution in [2.75, 3.05) is 13.2 Å². The van der Waals surface area contributed by atoms with E-state index in [9.17, 15) is 29.4 Å². The van der Waals surface area contributed by atoms with Crippen LogP contribution in [0.3, 0.4) is 0 Å². The molecule has 5 unspecified atom stereocenters. The highest BCUT2D eigenvalue weighted by Crippen LogP contribution is 2.07. The van der Waals surface area contributed by atoms with Gasteiger partial charge in [-0.1, -0.05) is 20.3 Å². The third kappa shape index (κ3) is 11.1. The molecule has 3 amide bonds. The summed E-state index contributed by atoms with van der Waals surface area (Å²) in [6, 6.07) is -4.93. The summed E-state index contributed by atoms with van der Waals surface area (Å²) in [5.41, 5.74) is 11.2. The molecular formula is C19H37N5O7. The van der Waals surface area contributed by atoms with Gasteiger partial charge in [-0.2, -0.15) is 0 Å². The van der Waals surface area contributed by atoms with Gasteiger partial charge in [-0.05, 0) is 38.6 Å². The summed E-state index contributed by atoms with van der Waals surface area (Å²) in [5, 5.41) is 35.2. The second-order valence-corrected chi connectivity index (χ2v) is 7.89. The lowest BCUT2D eigenvalue weighted by atomic mass is 10.0. The number of rotatable bonds is 15. The maximum absolute atomic E-state index is 12.6. The third-order valence-electron chi connectivity index (χ3n) is 4.51. The molecule has 180 valence electrons. The number of aliphatic hydroxyl groups is 2. The molecule has 0 bridgehead atoms. The Morgan fingerprint density at radius 3 is 1.90 bits per heavy atom. The summed E-state index contributed by atoms with van der Waals surface area (Å²) in [6.45, 7) is 4.54. The molecular weight excluding hydrogens is 410 g/mol. The number of carbonyl (C=O) groups excluding carboxylic acids is 3. The second-order valence-electron chi connectivity index (χ2n) is 7.89. The Morgan fingerprint density at radius 2 is 1.45 bits per heavy atom. The largest absolute Gasteiger partial charge is 0.480 e. The summed E-state index contributed by atoms with van der Waals surface area (Å²) in [7, 11) is 0. The number of carboxylic acids is 1. The van der Waals surface area contributed by atoms with E-state index >= 15 is 0 Å². The average Bonchev–Trinajstić information content (AvgIpc) is 2.68. The summed E-state index contributed by atoms with van der Waals surface area (Å²) >= 11 is 0. The number of hydrogen-bond acceptors (Lipinski definition) is 8. The Labute approximate surface area is 182 Å². The molecule has 0 aliphatic rings. The van der Waals surface area contributed by atoms with Crippen LogP contribution in [0.4, 0.5) is 0 Å². The van der Waals surface area contributed by atoms with E-state index in [4.69, 9.17) is 16.6 Å². The smallest absolute Gasteiger partial charge is 0.328 e. The zero-order valence-corrected chi connectivity index (χ0v) is 18.3. The minimum Gasteiger partial charge on any atom is -0.480 e. The SMILES string of the molecule is CC(C)CC(NC(=O)C(CO)NC(=O)C(N)CCCCN)C(=O)NC(C(=O)O)C(C)O. The van der Waals surface area contributed by atoms with Gasteiger partial charge in [0, 0.05) is 0 Å². The van der Waals surface area contributed by atoms with E-state index in [-0.39, 0.29) is 12.3 Å². The van der Waals surface area contributed by atoms with Gasteiger partial charge in [-0.25, -0.2) is 4.79 Å². The van der Waals surface area contributed by atoms with Crippen molar-refractivity contribution >= 4 is 23.7 Å². The molecule has 0 rings (SSSR count). The van der Waals surface area contributed by atoms with Gasteiger partial charge in [0.2, 0.25) is 17.7 Å². The van der Waals surface area contributed by atoms with Crippen LogP contribution in [0.25, 0.3) is 0 Å². The minimum absolute atomic E-state index is 0.0518. The van der Waals surface area contributed by atoms with Gasteiger partial charge in [-0.3, -0.25) is 14.4 Å². The van der Waals surface area contributed by atoms with E-state index in [0.717, 1.165) is 0 Å². The van der Waals surface area contributed by atoms with Crippen LogP contribution in [0.1, 0.15) is 46.5 Å². The Bertz CT molecular complexity index is 600. The van der Waals surface area contributed by atoms with Gasteiger partial charge in [0.05, 0.1) is 18.8 Å². The molecule has 0 aliphatic heterocycles. The summed E-state index contributed by atoms with van der Waals surface area (Å²) in [4.78, 5) is 48.5. The van der Waals surface area contributed by atoms with Crippen LogP contribution >= 0.6 is 0 Å². The minimum atomic E-state index is -1.56. The lowest BCUT2D eigenvalue weighted by molar-refractivity contribution is -0.145. The highest BCUT2D eigenvalue weighted by Gasteiger charge is 2.32. The molecule has 0 aliphatic carbocycles. The van der Waals surface area contributed by atoms with Gasteiger partial charge in [-0.15, -0.1) is 0 Å². The first kappa shape index (κ1) is 28.7. The molecule has 0 aromatic carbocycles. The van der Waals surface area contributed by atoms with Gasteiger partial charge in [0.1, 0.15) is 12.1 Å². The van der Waals surface area contributed by atoms with Crippen molar-refractivity contribution in [3.63, 3.8) is 0 Å². The van der Waals surface area contributed by atoms with Gasteiger partial charge < -0.3 is 42.7 Å². The number of aliphatic carboxylic acids is 1. The summed E-state index contributed by atoms with van der Waals surface area (Å²) < 4.78 is 0. The quantitative estimate of drug-likeness (QED) is 0.123. The van der Waals surface area contributed by atoms with Crippen molar-refractivity contribution in [2.24, 2.45) is 17.4 Å². The van der Waals surface area contributed by atoms with Crippen LogP contribution in [0, 0.1) is 5.92 Å². The van der Waals surface area contributed by atoms with E-state index in [1.54, 1.807) is 13.8 Å². The number of carbonyl (C=O) groups is 4. The molecule has 0 aromatic heterocycles. The highest BCUT2D eigenvalue weighted by atomic mass is 16.4. The van der Waals surface area contributed by atoms with E-state index in [1.807, 2.05) is 0 Å². The molecule has 10 N–H and O–H groups in total. The van der Waals surface area contributed by atoms with Crippen molar-refractivity contribution in [3.05, 3.63) is 0 Å². The molecule has 0 heterocycles. The molecule has 0 aromatic rings. The number of nitrogens with one attached hydrogen (secondary N) is 3. The molecule has 0 radical (unpaired) electrons. The molecule has 0 fully saturated rings. The highest BCUT2D eigenvalue weighted by molar-refractivity contribution is 5.94. The lowest BCUT2D eigenvalue weighted by Crippen LogP contribution is -2.59. The molecule has 12 heteroatoms. The van der Waals surface area contributed by atoms with Crippen LogP contribution in [0.2, 0.25) is 0 Å². The monoisotopic (exact) mass is 447 g/mol. The second kappa shape index (κ2) is 14.7. The standard InChI is InChI=1S/C19H37N5O7/c1-10(2)8-13(17(28)24-15(11(3)26)19(30)31)22-18(29)14(9-25)23-16(27)12(21)6-4-5-7-20/h10-15,25-26H,4-9,20-21H2,1-3H3,(H,22,29)(H,23,27)(H,24,28)(H,30,31). The van der Waals surface area contributed by atoms with Crippen LogP contribution in [-0.4, -0.2) is 82.4 Å². The van der Waals surface area contributed by atoms with Crippen LogP contribution < -0.4 is 27.4 Å². The molecule has 0 saturated carbocycles. The van der Waals surface area contributed by atoms with Crippen molar-refractivity contribution < 1.29 is 34.5 Å². The van der Waals surface area contributed by atoms with E-state index in [0.29, 0.717) is 25.8 Å². The molecule has 0 saturated heterocycles. The van der Waals surface area contributed by atoms with E-state index in [1.165, 1.54) is 6.92 Å². The first-order valence-electron chi connectivity index (χ1n) is 10.3. The topological polar surface area (TPSA) is 217 Å². The van der Waals surface area contributed by atoms with Crippen LogP contribution in [0.5, 0.6) is 0 Å².